The normalized spacial score (nSPS) is 12.4. The summed E-state index contributed by atoms with van der Waals surface area (Å²) in [4.78, 5) is 4.12. The van der Waals surface area contributed by atoms with Gasteiger partial charge < -0.3 is 5.32 Å². The third kappa shape index (κ3) is 4.26. The van der Waals surface area contributed by atoms with Crippen LogP contribution in [0.25, 0.3) is 0 Å². The first-order chi connectivity index (χ1) is 10.1. The van der Waals surface area contributed by atoms with E-state index in [1.165, 1.54) is 6.07 Å². The monoisotopic (exact) mass is 306 g/mol. The summed E-state index contributed by atoms with van der Waals surface area (Å²) in [6.07, 6.45) is 5.24. The van der Waals surface area contributed by atoms with E-state index in [1.54, 1.807) is 18.3 Å². The Hall–Kier alpha value is -1.45. The molecule has 1 atom stereocenters. The lowest BCUT2D eigenvalue weighted by molar-refractivity contribution is 0.511. The van der Waals surface area contributed by atoms with Crippen molar-refractivity contribution in [2.45, 2.75) is 32.7 Å². The van der Waals surface area contributed by atoms with Crippen molar-refractivity contribution in [3.63, 3.8) is 0 Å². The van der Waals surface area contributed by atoms with Gasteiger partial charge in [0.25, 0.3) is 0 Å². The standard InChI is InChI=1S/C17H20ClFN2/c1-3-7-21-17(15-6-8-20-11-12(15)2)9-13-4-5-14(18)10-16(13)19/h4-6,8,10-11,17,21H,3,7,9H2,1-2H3. The van der Waals surface area contributed by atoms with Crippen LogP contribution >= 0.6 is 11.6 Å². The Balaban J connectivity index is 2.26. The fraction of sp³-hybridized carbons (Fsp3) is 0.353. The zero-order valence-electron chi connectivity index (χ0n) is 12.4. The van der Waals surface area contributed by atoms with Gasteiger partial charge in [-0.2, -0.15) is 0 Å². The van der Waals surface area contributed by atoms with Gasteiger partial charge in [0.1, 0.15) is 5.82 Å². The van der Waals surface area contributed by atoms with Gasteiger partial charge in [-0.1, -0.05) is 24.6 Å². The molecule has 0 spiro atoms. The summed E-state index contributed by atoms with van der Waals surface area (Å²) in [7, 11) is 0. The molecule has 0 radical (unpaired) electrons. The summed E-state index contributed by atoms with van der Waals surface area (Å²) in [5, 5.41) is 3.91. The van der Waals surface area contributed by atoms with E-state index in [-0.39, 0.29) is 11.9 Å². The first-order valence-corrected chi connectivity index (χ1v) is 7.57. The summed E-state index contributed by atoms with van der Waals surface area (Å²) in [6, 6.07) is 6.93. The van der Waals surface area contributed by atoms with Crippen molar-refractivity contribution in [3.05, 3.63) is 64.2 Å². The predicted octanol–water partition coefficient (Wildman–Crippen LogP) is 4.47. The van der Waals surface area contributed by atoms with Crippen LogP contribution in [0.15, 0.2) is 36.7 Å². The number of nitrogens with one attached hydrogen (secondary N) is 1. The minimum Gasteiger partial charge on any atom is -0.310 e. The van der Waals surface area contributed by atoms with Gasteiger partial charge in [-0.15, -0.1) is 0 Å². The molecule has 0 aliphatic carbocycles. The number of pyridine rings is 1. The molecular weight excluding hydrogens is 287 g/mol. The first kappa shape index (κ1) is 15.9. The largest absolute Gasteiger partial charge is 0.310 e. The highest BCUT2D eigenvalue weighted by Crippen LogP contribution is 2.24. The Morgan fingerprint density at radius 2 is 2.14 bits per heavy atom. The molecule has 112 valence electrons. The van der Waals surface area contributed by atoms with Crippen LogP contribution in [0.3, 0.4) is 0 Å². The minimum atomic E-state index is -0.252. The van der Waals surface area contributed by atoms with Gasteiger partial charge in [0.15, 0.2) is 0 Å². The number of nitrogens with zero attached hydrogens (tertiary/aromatic N) is 1. The summed E-state index contributed by atoms with van der Waals surface area (Å²) in [5.41, 5.74) is 2.94. The second-order valence-corrected chi connectivity index (χ2v) is 5.62. The molecule has 1 N–H and O–H groups in total. The van der Waals surface area contributed by atoms with Crippen LogP contribution in [-0.4, -0.2) is 11.5 Å². The number of aromatic nitrogens is 1. The van der Waals surface area contributed by atoms with E-state index in [9.17, 15) is 4.39 Å². The van der Waals surface area contributed by atoms with E-state index < -0.39 is 0 Å². The zero-order valence-corrected chi connectivity index (χ0v) is 13.1. The highest BCUT2D eigenvalue weighted by Gasteiger charge is 2.16. The third-order valence-corrected chi connectivity index (χ3v) is 3.75. The molecule has 2 rings (SSSR count). The van der Waals surface area contributed by atoms with Crippen molar-refractivity contribution in [3.8, 4) is 0 Å². The lowest BCUT2D eigenvalue weighted by atomic mass is 9.96. The number of rotatable bonds is 6. The molecule has 2 aromatic rings. The molecule has 0 aliphatic rings. The fourth-order valence-corrected chi connectivity index (χ4v) is 2.55. The van der Waals surface area contributed by atoms with E-state index in [0.717, 1.165) is 24.1 Å². The van der Waals surface area contributed by atoms with E-state index in [1.807, 2.05) is 19.2 Å². The van der Waals surface area contributed by atoms with E-state index in [0.29, 0.717) is 17.0 Å². The maximum absolute atomic E-state index is 14.0. The lowest BCUT2D eigenvalue weighted by Crippen LogP contribution is -2.25. The van der Waals surface area contributed by atoms with E-state index in [4.69, 9.17) is 11.6 Å². The molecular formula is C17H20ClFN2. The average Bonchev–Trinajstić information content (AvgIpc) is 2.46. The predicted molar refractivity (Wildman–Crippen MR) is 85.1 cm³/mol. The van der Waals surface area contributed by atoms with Crippen LogP contribution in [0.1, 0.15) is 36.1 Å². The number of hydrogen-bond donors (Lipinski definition) is 1. The molecule has 1 aromatic carbocycles. The smallest absolute Gasteiger partial charge is 0.127 e. The van der Waals surface area contributed by atoms with Crippen molar-refractivity contribution in [1.82, 2.24) is 10.3 Å². The van der Waals surface area contributed by atoms with Crippen LogP contribution in [0.2, 0.25) is 5.02 Å². The molecule has 2 nitrogen and oxygen atoms in total. The van der Waals surface area contributed by atoms with E-state index in [2.05, 4.69) is 17.2 Å². The SMILES string of the molecule is CCCNC(Cc1ccc(Cl)cc1F)c1ccncc1C. The van der Waals surface area contributed by atoms with Crippen molar-refractivity contribution in [2.24, 2.45) is 0 Å². The number of aryl methyl sites for hydroxylation is 1. The molecule has 0 saturated heterocycles. The number of hydrogen-bond acceptors (Lipinski definition) is 2. The average molecular weight is 307 g/mol. The van der Waals surface area contributed by atoms with Crippen molar-refractivity contribution >= 4 is 11.6 Å². The van der Waals surface area contributed by atoms with E-state index >= 15 is 0 Å². The Labute approximate surface area is 130 Å². The van der Waals surface area contributed by atoms with Crippen LogP contribution < -0.4 is 5.32 Å². The van der Waals surface area contributed by atoms with Crippen LogP contribution in [0.5, 0.6) is 0 Å². The molecule has 1 unspecified atom stereocenters. The second-order valence-electron chi connectivity index (χ2n) is 5.18. The van der Waals surface area contributed by atoms with Gasteiger partial charge in [0, 0.05) is 23.5 Å². The molecule has 0 aliphatic heterocycles. The summed E-state index contributed by atoms with van der Waals surface area (Å²) in [5.74, 6) is -0.252. The summed E-state index contributed by atoms with van der Waals surface area (Å²) >= 11 is 5.82. The maximum atomic E-state index is 14.0. The molecule has 1 heterocycles. The van der Waals surface area contributed by atoms with Crippen molar-refractivity contribution in [1.29, 1.82) is 0 Å². The summed E-state index contributed by atoms with van der Waals surface area (Å²) in [6.45, 7) is 5.04. The highest BCUT2D eigenvalue weighted by molar-refractivity contribution is 6.30. The topological polar surface area (TPSA) is 24.9 Å². The van der Waals surface area contributed by atoms with Crippen LogP contribution in [0, 0.1) is 12.7 Å². The Kier molecular flexibility index (Phi) is 5.71. The number of benzene rings is 1. The summed E-state index contributed by atoms with van der Waals surface area (Å²) < 4.78 is 14.0. The van der Waals surface area contributed by atoms with Gasteiger partial charge in [-0.25, -0.2) is 4.39 Å². The number of halogens is 2. The highest BCUT2D eigenvalue weighted by atomic mass is 35.5. The Bertz CT molecular complexity index is 601. The van der Waals surface area contributed by atoms with Gasteiger partial charge in [-0.3, -0.25) is 4.98 Å². The quantitative estimate of drug-likeness (QED) is 0.852. The first-order valence-electron chi connectivity index (χ1n) is 7.19. The Morgan fingerprint density at radius 3 is 2.81 bits per heavy atom. The molecule has 0 saturated carbocycles. The lowest BCUT2D eigenvalue weighted by Gasteiger charge is -2.21. The maximum Gasteiger partial charge on any atom is 0.127 e. The fourth-order valence-electron chi connectivity index (χ4n) is 2.39. The van der Waals surface area contributed by atoms with Gasteiger partial charge in [-0.05, 0) is 61.2 Å². The molecule has 1 aromatic heterocycles. The second kappa shape index (κ2) is 7.53. The molecule has 0 fully saturated rings. The van der Waals surface area contributed by atoms with Gasteiger partial charge in [0.2, 0.25) is 0 Å². The van der Waals surface area contributed by atoms with Crippen LogP contribution in [-0.2, 0) is 6.42 Å². The van der Waals surface area contributed by atoms with Crippen LogP contribution in [0.4, 0.5) is 4.39 Å². The van der Waals surface area contributed by atoms with Crippen molar-refractivity contribution < 1.29 is 4.39 Å². The minimum absolute atomic E-state index is 0.0728. The third-order valence-electron chi connectivity index (χ3n) is 3.52. The molecule has 0 bridgehead atoms. The Morgan fingerprint density at radius 1 is 1.33 bits per heavy atom. The molecule has 4 heteroatoms. The molecule has 21 heavy (non-hydrogen) atoms. The zero-order chi connectivity index (χ0) is 15.2. The van der Waals surface area contributed by atoms with Gasteiger partial charge >= 0.3 is 0 Å². The van der Waals surface area contributed by atoms with Gasteiger partial charge in [0.05, 0.1) is 0 Å². The molecule has 0 amide bonds. The van der Waals surface area contributed by atoms with Crippen molar-refractivity contribution in [2.75, 3.05) is 6.54 Å².